The lowest BCUT2D eigenvalue weighted by atomic mass is 10.2. The molecule has 0 saturated carbocycles. The summed E-state index contributed by atoms with van der Waals surface area (Å²) in [4.78, 5) is 22.7. The first-order valence-corrected chi connectivity index (χ1v) is 12.4. The minimum absolute atomic E-state index is 0.298. The Bertz CT molecular complexity index is 1330. The van der Waals surface area contributed by atoms with Crippen LogP contribution in [0.1, 0.15) is 24.6 Å². The highest BCUT2D eigenvalue weighted by molar-refractivity contribution is 5.79. The predicted octanol–water partition coefficient (Wildman–Crippen LogP) is 2.62. The van der Waals surface area contributed by atoms with Crippen molar-refractivity contribution < 1.29 is 9.13 Å². The molecule has 4 aromatic rings. The molecule has 10 nitrogen and oxygen atoms in total. The number of piperazine rings is 1. The fraction of sp³-hybridized carbons (Fsp3) is 0.480. The molecule has 0 aromatic carbocycles. The molecule has 190 valence electrons. The van der Waals surface area contributed by atoms with Crippen LogP contribution in [0, 0.1) is 12.7 Å². The van der Waals surface area contributed by atoms with E-state index in [0.29, 0.717) is 47.4 Å². The van der Waals surface area contributed by atoms with E-state index in [1.807, 2.05) is 29.3 Å². The first-order chi connectivity index (χ1) is 17.5. The van der Waals surface area contributed by atoms with E-state index in [1.54, 1.807) is 6.20 Å². The van der Waals surface area contributed by atoms with Crippen LogP contribution < -0.4 is 4.74 Å². The molecule has 11 heteroatoms. The fourth-order valence-electron chi connectivity index (χ4n) is 4.53. The van der Waals surface area contributed by atoms with Gasteiger partial charge in [-0.3, -0.25) is 9.67 Å². The summed E-state index contributed by atoms with van der Waals surface area (Å²) in [5.41, 5.74) is 3.57. The van der Waals surface area contributed by atoms with Gasteiger partial charge in [0, 0.05) is 56.2 Å². The number of aromatic nitrogens is 7. The second-order valence-electron chi connectivity index (χ2n) is 9.22. The lowest BCUT2D eigenvalue weighted by molar-refractivity contribution is 0.151. The molecule has 4 aromatic heterocycles. The summed E-state index contributed by atoms with van der Waals surface area (Å²) in [5, 5.41) is 4.58. The monoisotopic (exact) mass is 493 g/mol. The van der Waals surface area contributed by atoms with Gasteiger partial charge in [0.15, 0.2) is 5.65 Å². The molecule has 0 aliphatic carbocycles. The van der Waals surface area contributed by atoms with Crippen molar-refractivity contribution in [2.45, 2.75) is 33.4 Å². The number of nitrogens with zero attached hydrogens (tertiary/aromatic N) is 9. The van der Waals surface area contributed by atoms with Crippen LogP contribution in [0.15, 0.2) is 30.9 Å². The second-order valence-corrected chi connectivity index (χ2v) is 9.22. The van der Waals surface area contributed by atoms with Crippen molar-refractivity contribution >= 4 is 11.2 Å². The standard InChI is InChI=1S/C25H32FN9O/c1-4-36-25-29-18(2)22-24(31-25)35(23(30-22)20-12-21(26)15-27-14-20)17-19-13-28-34(16-19)7-5-6-33-10-8-32(3)9-11-33/h12-16H,4-11,17H2,1-3H3. The highest BCUT2D eigenvalue weighted by atomic mass is 19.1. The predicted molar refractivity (Wildman–Crippen MR) is 134 cm³/mol. The van der Waals surface area contributed by atoms with Gasteiger partial charge in [0.25, 0.3) is 0 Å². The number of hydrogen-bond acceptors (Lipinski definition) is 8. The smallest absolute Gasteiger partial charge is 0.318 e. The number of pyridine rings is 1. The normalized spacial score (nSPS) is 15.1. The van der Waals surface area contributed by atoms with Gasteiger partial charge in [-0.15, -0.1) is 0 Å². The Morgan fingerprint density at radius 2 is 1.86 bits per heavy atom. The van der Waals surface area contributed by atoms with Crippen LogP contribution in [0.2, 0.25) is 0 Å². The Morgan fingerprint density at radius 3 is 2.64 bits per heavy atom. The molecule has 5 rings (SSSR count). The molecule has 1 aliphatic rings. The van der Waals surface area contributed by atoms with Crippen LogP contribution in [-0.2, 0) is 13.1 Å². The number of halogens is 1. The molecule has 0 bridgehead atoms. The highest BCUT2D eigenvalue weighted by Crippen LogP contribution is 2.27. The Hall–Kier alpha value is -3.44. The van der Waals surface area contributed by atoms with Crippen molar-refractivity contribution in [2.75, 3.05) is 46.4 Å². The zero-order valence-electron chi connectivity index (χ0n) is 21.1. The van der Waals surface area contributed by atoms with E-state index < -0.39 is 5.82 Å². The molecule has 0 atom stereocenters. The van der Waals surface area contributed by atoms with Crippen LogP contribution in [0.5, 0.6) is 6.01 Å². The third kappa shape index (κ3) is 5.36. The van der Waals surface area contributed by atoms with Crippen molar-refractivity contribution in [2.24, 2.45) is 0 Å². The largest absolute Gasteiger partial charge is 0.464 e. The summed E-state index contributed by atoms with van der Waals surface area (Å²) >= 11 is 0. The number of aryl methyl sites for hydroxylation is 2. The molecule has 0 amide bonds. The number of likely N-dealkylation sites (N-methyl/N-ethyl adjacent to an activating group) is 1. The Labute approximate surface area is 209 Å². The van der Waals surface area contributed by atoms with E-state index in [1.165, 1.54) is 12.3 Å². The molecular weight excluding hydrogens is 461 g/mol. The van der Waals surface area contributed by atoms with Gasteiger partial charge in [-0.25, -0.2) is 9.37 Å². The highest BCUT2D eigenvalue weighted by Gasteiger charge is 2.20. The van der Waals surface area contributed by atoms with Crippen molar-refractivity contribution in [3.8, 4) is 17.4 Å². The first-order valence-electron chi connectivity index (χ1n) is 12.4. The molecule has 1 saturated heterocycles. The number of hydrogen-bond donors (Lipinski definition) is 0. The average Bonchev–Trinajstić information content (AvgIpc) is 3.46. The van der Waals surface area contributed by atoms with Crippen LogP contribution >= 0.6 is 0 Å². The van der Waals surface area contributed by atoms with E-state index in [9.17, 15) is 4.39 Å². The van der Waals surface area contributed by atoms with Gasteiger partial charge in [0.1, 0.15) is 17.2 Å². The minimum Gasteiger partial charge on any atom is -0.464 e. The molecule has 36 heavy (non-hydrogen) atoms. The third-order valence-corrected chi connectivity index (χ3v) is 6.47. The SMILES string of the molecule is CCOc1nc(C)c2nc(-c3cncc(F)c3)n(Cc3cnn(CCCN4CCN(C)CC4)c3)c2n1. The number of rotatable bonds is 9. The van der Waals surface area contributed by atoms with E-state index in [0.717, 1.165) is 51.3 Å². The number of imidazole rings is 1. The van der Waals surface area contributed by atoms with Crippen LogP contribution in [0.25, 0.3) is 22.6 Å². The molecule has 0 unspecified atom stereocenters. The lowest BCUT2D eigenvalue weighted by Gasteiger charge is -2.32. The molecule has 1 fully saturated rings. The zero-order chi connectivity index (χ0) is 25.1. The Kier molecular flexibility index (Phi) is 7.19. The maximum absolute atomic E-state index is 14.0. The van der Waals surface area contributed by atoms with Gasteiger partial charge in [0.05, 0.1) is 31.2 Å². The van der Waals surface area contributed by atoms with Gasteiger partial charge in [-0.05, 0) is 39.9 Å². The Balaban J connectivity index is 1.39. The van der Waals surface area contributed by atoms with Gasteiger partial charge in [-0.1, -0.05) is 0 Å². The molecule has 5 heterocycles. The van der Waals surface area contributed by atoms with Gasteiger partial charge in [-0.2, -0.15) is 15.1 Å². The molecule has 1 aliphatic heterocycles. The Morgan fingerprint density at radius 1 is 1.03 bits per heavy atom. The summed E-state index contributed by atoms with van der Waals surface area (Å²) in [6.07, 6.45) is 7.76. The number of fused-ring (bicyclic) bond motifs is 1. The summed E-state index contributed by atoms with van der Waals surface area (Å²) in [5.74, 6) is 0.156. The van der Waals surface area contributed by atoms with Crippen molar-refractivity contribution in [1.29, 1.82) is 0 Å². The summed E-state index contributed by atoms with van der Waals surface area (Å²) < 4.78 is 23.5. The third-order valence-electron chi connectivity index (χ3n) is 6.47. The van der Waals surface area contributed by atoms with Crippen molar-refractivity contribution in [3.05, 3.63) is 47.9 Å². The minimum atomic E-state index is -0.419. The van der Waals surface area contributed by atoms with Crippen LogP contribution in [0.3, 0.4) is 0 Å². The van der Waals surface area contributed by atoms with Crippen LogP contribution in [-0.4, -0.2) is 90.5 Å². The van der Waals surface area contributed by atoms with E-state index >= 15 is 0 Å². The van der Waals surface area contributed by atoms with Crippen molar-refractivity contribution in [3.63, 3.8) is 0 Å². The zero-order valence-corrected chi connectivity index (χ0v) is 21.1. The van der Waals surface area contributed by atoms with E-state index in [2.05, 4.69) is 43.1 Å². The molecule has 0 radical (unpaired) electrons. The van der Waals surface area contributed by atoms with E-state index in [-0.39, 0.29) is 0 Å². The molecule has 0 N–H and O–H groups in total. The lowest BCUT2D eigenvalue weighted by Crippen LogP contribution is -2.44. The summed E-state index contributed by atoms with van der Waals surface area (Å²) in [6, 6.07) is 1.73. The maximum Gasteiger partial charge on any atom is 0.318 e. The van der Waals surface area contributed by atoms with Crippen LogP contribution in [0.4, 0.5) is 4.39 Å². The topological polar surface area (TPSA) is 90.0 Å². The number of ether oxygens (including phenoxy) is 1. The van der Waals surface area contributed by atoms with Gasteiger partial charge >= 0.3 is 6.01 Å². The molecule has 0 spiro atoms. The quantitative estimate of drug-likeness (QED) is 0.352. The average molecular weight is 494 g/mol. The fourth-order valence-corrected chi connectivity index (χ4v) is 4.53. The second kappa shape index (κ2) is 10.7. The first kappa shape index (κ1) is 24.3. The van der Waals surface area contributed by atoms with Crippen molar-refractivity contribution in [1.82, 2.24) is 44.1 Å². The summed E-state index contributed by atoms with van der Waals surface area (Å²) in [7, 11) is 2.17. The van der Waals surface area contributed by atoms with Gasteiger partial charge in [0.2, 0.25) is 0 Å². The van der Waals surface area contributed by atoms with E-state index in [4.69, 9.17) is 9.72 Å². The molecular formula is C25H32FN9O. The van der Waals surface area contributed by atoms with Gasteiger partial charge < -0.3 is 19.1 Å². The maximum atomic E-state index is 14.0. The summed E-state index contributed by atoms with van der Waals surface area (Å²) in [6.45, 7) is 11.1.